The highest BCUT2D eigenvalue weighted by molar-refractivity contribution is 5.84. The highest BCUT2D eigenvalue weighted by Crippen LogP contribution is 2.13. The number of aliphatic carboxylic acids is 1. The number of nitrogens with one attached hydrogen (secondary N) is 2. The predicted molar refractivity (Wildman–Crippen MR) is 76.1 cm³/mol. The molecule has 0 aromatic heterocycles. The number of amides is 1. The molecular weight excluding hydrogens is 244 g/mol. The first-order valence-corrected chi connectivity index (χ1v) is 7.16. The zero-order chi connectivity index (χ0) is 14.9. The summed E-state index contributed by atoms with van der Waals surface area (Å²) in [4.78, 5) is 23.1. The third-order valence-electron chi connectivity index (χ3n) is 3.23. The lowest BCUT2D eigenvalue weighted by atomic mass is 9.95. The molecule has 3 N–H and O–H groups in total. The summed E-state index contributed by atoms with van der Waals surface area (Å²) in [5, 5.41) is 15.0. The lowest BCUT2D eigenvalue weighted by Crippen LogP contribution is -2.57. The van der Waals surface area contributed by atoms with Crippen molar-refractivity contribution in [2.24, 2.45) is 0 Å². The topological polar surface area (TPSA) is 78.4 Å². The van der Waals surface area contributed by atoms with Gasteiger partial charge in [-0.3, -0.25) is 14.9 Å². The molecule has 2 atom stereocenters. The second-order valence-corrected chi connectivity index (χ2v) is 5.25. The lowest BCUT2D eigenvalue weighted by Gasteiger charge is -2.29. The van der Waals surface area contributed by atoms with E-state index in [1.54, 1.807) is 13.8 Å². The Morgan fingerprint density at radius 2 is 1.84 bits per heavy atom. The molecule has 0 radical (unpaired) electrons. The third-order valence-corrected chi connectivity index (χ3v) is 3.23. The van der Waals surface area contributed by atoms with Crippen LogP contribution in [0.25, 0.3) is 0 Å². The molecule has 5 heteroatoms. The number of hydrogen-bond acceptors (Lipinski definition) is 3. The van der Waals surface area contributed by atoms with Crippen LogP contribution in [0.3, 0.4) is 0 Å². The molecule has 0 fully saturated rings. The molecule has 0 saturated heterocycles. The summed E-state index contributed by atoms with van der Waals surface area (Å²) in [6.45, 7) is 8.01. The summed E-state index contributed by atoms with van der Waals surface area (Å²) in [6, 6.07) is -0.505. The molecule has 0 spiro atoms. The monoisotopic (exact) mass is 272 g/mol. The minimum Gasteiger partial charge on any atom is -0.480 e. The van der Waals surface area contributed by atoms with Crippen molar-refractivity contribution in [3.8, 4) is 0 Å². The van der Waals surface area contributed by atoms with Crippen LogP contribution in [0.2, 0.25) is 0 Å². The van der Waals surface area contributed by atoms with Gasteiger partial charge >= 0.3 is 5.97 Å². The lowest BCUT2D eigenvalue weighted by molar-refractivity contribution is -0.145. The van der Waals surface area contributed by atoms with E-state index in [0.717, 1.165) is 25.7 Å². The number of carboxylic acid groups (broad SMARTS) is 1. The van der Waals surface area contributed by atoms with Gasteiger partial charge in [0.2, 0.25) is 5.91 Å². The van der Waals surface area contributed by atoms with Gasteiger partial charge in [0.05, 0.1) is 6.04 Å². The quantitative estimate of drug-likeness (QED) is 0.531. The second kappa shape index (κ2) is 8.91. The Labute approximate surface area is 116 Å². The van der Waals surface area contributed by atoms with Crippen molar-refractivity contribution in [3.63, 3.8) is 0 Å². The van der Waals surface area contributed by atoms with Gasteiger partial charge < -0.3 is 10.4 Å². The third kappa shape index (κ3) is 6.57. The molecule has 0 aliphatic rings. The average Bonchev–Trinajstić information content (AvgIpc) is 2.34. The molecular formula is C14H28N2O3. The van der Waals surface area contributed by atoms with Gasteiger partial charge in [0.15, 0.2) is 0 Å². The van der Waals surface area contributed by atoms with Crippen LogP contribution in [0, 0.1) is 0 Å². The van der Waals surface area contributed by atoms with Crippen LogP contribution in [0.15, 0.2) is 0 Å². The van der Waals surface area contributed by atoms with Gasteiger partial charge in [-0.15, -0.1) is 0 Å². The van der Waals surface area contributed by atoms with E-state index >= 15 is 0 Å². The van der Waals surface area contributed by atoms with Crippen molar-refractivity contribution >= 4 is 11.9 Å². The van der Waals surface area contributed by atoms with E-state index < -0.39 is 17.6 Å². The Hall–Kier alpha value is -1.10. The van der Waals surface area contributed by atoms with Crippen LogP contribution in [0.5, 0.6) is 0 Å². The Morgan fingerprint density at radius 1 is 1.21 bits per heavy atom. The van der Waals surface area contributed by atoms with Gasteiger partial charge in [0.25, 0.3) is 0 Å². The van der Waals surface area contributed by atoms with Crippen LogP contribution in [0.4, 0.5) is 0 Å². The molecule has 112 valence electrons. The molecule has 0 saturated carbocycles. The van der Waals surface area contributed by atoms with E-state index in [1.165, 1.54) is 0 Å². The summed E-state index contributed by atoms with van der Waals surface area (Å²) in [5.41, 5.74) is -1.05. The minimum absolute atomic E-state index is 0.139. The van der Waals surface area contributed by atoms with Crippen molar-refractivity contribution in [3.05, 3.63) is 0 Å². The molecule has 0 aliphatic heterocycles. The Morgan fingerprint density at radius 3 is 2.32 bits per heavy atom. The van der Waals surface area contributed by atoms with Crippen LogP contribution in [0.1, 0.15) is 59.8 Å². The number of carbonyl (C=O) groups is 2. The fraction of sp³-hybridized carbons (Fsp3) is 0.857. The highest BCUT2D eigenvalue weighted by Gasteiger charge is 2.34. The number of rotatable bonds is 10. The first kappa shape index (κ1) is 17.9. The smallest absolute Gasteiger partial charge is 0.323 e. The number of hydrogen-bond donors (Lipinski definition) is 3. The zero-order valence-electron chi connectivity index (χ0n) is 12.6. The van der Waals surface area contributed by atoms with E-state index in [9.17, 15) is 14.7 Å². The van der Waals surface area contributed by atoms with E-state index in [1.807, 2.05) is 6.92 Å². The predicted octanol–water partition coefficient (Wildman–Crippen LogP) is 1.91. The van der Waals surface area contributed by atoms with E-state index in [-0.39, 0.29) is 5.91 Å². The second-order valence-electron chi connectivity index (χ2n) is 5.25. The largest absolute Gasteiger partial charge is 0.480 e. The van der Waals surface area contributed by atoms with Crippen LogP contribution in [-0.4, -0.2) is 35.1 Å². The molecule has 0 aromatic carbocycles. The summed E-state index contributed by atoms with van der Waals surface area (Å²) in [6.07, 6.45) is 4.40. The summed E-state index contributed by atoms with van der Waals surface area (Å²) in [5.74, 6) is -1.06. The first-order chi connectivity index (χ1) is 8.87. The average molecular weight is 272 g/mol. The maximum atomic E-state index is 11.8. The Balaban J connectivity index is 4.28. The number of carboxylic acids is 1. The standard InChI is InChI=1S/C14H28N2O3/c1-5-7-8-10-15-12(17)11(3)16-14(4,9-6-2)13(18)19/h11,16H,5-10H2,1-4H3,(H,15,17)(H,18,19). The van der Waals surface area contributed by atoms with Gasteiger partial charge in [0, 0.05) is 6.54 Å². The van der Waals surface area contributed by atoms with Crippen molar-refractivity contribution in [1.82, 2.24) is 10.6 Å². The van der Waals surface area contributed by atoms with Gasteiger partial charge in [-0.1, -0.05) is 33.1 Å². The molecule has 2 unspecified atom stereocenters. The van der Waals surface area contributed by atoms with Gasteiger partial charge in [-0.25, -0.2) is 0 Å². The fourth-order valence-corrected chi connectivity index (χ4v) is 2.02. The zero-order valence-corrected chi connectivity index (χ0v) is 12.6. The normalized spacial score (nSPS) is 15.6. The van der Waals surface area contributed by atoms with Gasteiger partial charge in [0.1, 0.15) is 5.54 Å². The van der Waals surface area contributed by atoms with Crippen molar-refractivity contribution in [2.75, 3.05) is 6.54 Å². The van der Waals surface area contributed by atoms with Crippen molar-refractivity contribution in [2.45, 2.75) is 71.4 Å². The maximum absolute atomic E-state index is 11.8. The SMILES string of the molecule is CCCCCNC(=O)C(C)NC(C)(CCC)C(=O)O. The van der Waals surface area contributed by atoms with Crippen molar-refractivity contribution in [1.29, 1.82) is 0 Å². The van der Waals surface area contributed by atoms with E-state index in [2.05, 4.69) is 17.6 Å². The first-order valence-electron chi connectivity index (χ1n) is 7.16. The van der Waals surface area contributed by atoms with Crippen LogP contribution in [-0.2, 0) is 9.59 Å². The molecule has 0 rings (SSSR count). The van der Waals surface area contributed by atoms with Gasteiger partial charge in [-0.05, 0) is 26.7 Å². The highest BCUT2D eigenvalue weighted by atomic mass is 16.4. The van der Waals surface area contributed by atoms with Crippen LogP contribution >= 0.6 is 0 Å². The molecule has 1 amide bonds. The Kier molecular flexibility index (Phi) is 8.39. The van der Waals surface area contributed by atoms with E-state index in [4.69, 9.17) is 0 Å². The fourth-order valence-electron chi connectivity index (χ4n) is 2.02. The van der Waals surface area contributed by atoms with Crippen LogP contribution < -0.4 is 10.6 Å². The molecule has 5 nitrogen and oxygen atoms in total. The molecule has 19 heavy (non-hydrogen) atoms. The maximum Gasteiger partial charge on any atom is 0.323 e. The van der Waals surface area contributed by atoms with Gasteiger partial charge in [-0.2, -0.15) is 0 Å². The molecule has 0 aliphatic carbocycles. The van der Waals surface area contributed by atoms with E-state index in [0.29, 0.717) is 13.0 Å². The molecule has 0 heterocycles. The Bertz CT molecular complexity index is 294. The number of unbranched alkanes of at least 4 members (excludes halogenated alkanes) is 2. The van der Waals surface area contributed by atoms with Crippen molar-refractivity contribution < 1.29 is 14.7 Å². The minimum atomic E-state index is -1.05. The number of carbonyl (C=O) groups excluding carboxylic acids is 1. The molecule has 0 bridgehead atoms. The summed E-state index contributed by atoms with van der Waals surface area (Å²) >= 11 is 0. The summed E-state index contributed by atoms with van der Waals surface area (Å²) in [7, 11) is 0. The summed E-state index contributed by atoms with van der Waals surface area (Å²) < 4.78 is 0. The molecule has 0 aromatic rings.